The van der Waals surface area contributed by atoms with Gasteiger partial charge in [0.15, 0.2) is 6.61 Å². The monoisotopic (exact) mass is 275 g/mol. The molecule has 1 rings (SSSR count). The van der Waals surface area contributed by atoms with Gasteiger partial charge in [-0.15, -0.1) is 6.42 Å². The minimum atomic E-state index is -0.461. The lowest BCUT2D eigenvalue weighted by Gasteiger charge is -2.17. The summed E-state index contributed by atoms with van der Waals surface area (Å²) in [6.45, 7) is 1.32. The molecule has 1 unspecified atom stereocenters. The van der Waals surface area contributed by atoms with Crippen LogP contribution in [0.5, 0.6) is 5.75 Å². The van der Waals surface area contributed by atoms with Gasteiger partial charge in [-0.05, 0) is 17.7 Å². The third kappa shape index (κ3) is 5.02. The first-order chi connectivity index (χ1) is 9.56. The molecule has 0 spiro atoms. The minimum Gasteiger partial charge on any atom is -0.497 e. The predicted octanol–water partition coefficient (Wildman–Crippen LogP) is 1.44. The van der Waals surface area contributed by atoms with E-state index in [0.717, 1.165) is 5.56 Å². The molecular formula is C15H17NO4. The van der Waals surface area contributed by atoms with Crippen LogP contribution in [0, 0.1) is 12.3 Å². The molecular weight excluding hydrogens is 258 g/mol. The SMILES string of the molecule is C#CCOC(=O)CC(NC(C)=O)c1ccc(OC)cc1. The fourth-order valence-corrected chi connectivity index (χ4v) is 1.68. The highest BCUT2D eigenvalue weighted by Crippen LogP contribution is 2.20. The Labute approximate surface area is 118 Å². The van der Waals surface area contributed by atoms with Crippen LogP contribution < -0.4 is 10.1 Å². The van der Waals surface area contributed by atoms with E-state index >= 15 is 0 Å². The van der Waals surface area contributed by atoms with Gasteiger partial charge in [-0.3, -0.25) is 9.59 Å². The van der Waals surface area contributed by atoms with Crippen molar-refractivity contribution in [2.45, 2.75) is 19.4 Å². The lowest BCUT2D eigenvalue weighted by molar-refractivity contribution is -0.142. The highest BCUT2D eigenvalue weighted by Gasteiger charge is 2.18. The zero-order valence-electron chi connectivity index (χ0n) is 11.5. The Morgan fingerprint density at radius 1 is 1.35 bits per heavy atom. The van der Waals surface area contributed by atoms with Gasteiger partial charge in [0.25, 0.3) is 0 Å². The lowest BCUT2D eigenvalue weighted by atomic mass is 10.0. The number of rotatable bonds is 6. The van der Waals surface area contributed by atoms with Gasteiger partial charge in [-0.25, -0.2) is 0 Å². The second-order valence-corrected chi connectivity index (χ2v) is 4.10. The van der Waals surface area contributed by atoms with Crippen LogP contribution in [0.3, 0.4) is 0 Å². The summed E-state index contributed by atoms with van der Waals surface area (Å²) in [5.74, 6) is 2.23. The summed E-state index contributed by atoms with van der Waals surface area (Å²) in [6, 6.07) is 6.64. The zero-order chi connectivity index (χ0) is 15.0. The van der Waals surface area contributed by atoms with Gasteiger partial charge in [0.2, 0.25) is 5.91 Å². The van der Waals surface area contributed by atoms with Gasteiger partial charge >= 0.3 is 5.97 Å². The molecule has 1 amide bonds. The summed E-state index contributed by atoms with van der Waals surface area (Å²) >= 11 is 0. The molecule has 0 bridgehead atoms. The number of hydrogen-bond acceptors (Lipinski definition) is 4. The minimum absolute atomic E-state index is 0.0214. The number of esters is 1. The van der Waals surface area contributed by atoms with E-state index in [0.29, 0.717) is 5.75 Å². The van der Waals surface area contributed by atoms with Crippen LogP contribution in [0.2, 0.25) is 0 Å². The second kappa shape index (κ2) is 7.85. The number of terminal acetylenes is 1. The quantitative estimate of drug-likeness (QED) is 0.630. The average Bonchev–Trinajstić information content (AvgIpc) is 2.44. The summed E-state index contributed by atoms with van der Waals surface area (Å²) in [4.78, 5) is 22.8. The standard InChI is InChI=1S/C15H17NO4/c1-4-9-20-15(18)10-14(16-11(2)17)12-5-7-13(19-3)8-6-12/h1,5-8,14H,9-10H2,2-3H3,(H,16,17). The Bertz CT molecular complexity index is 502. The summed E-state index contributed by atoms with van der Waals surface area (Å²) in [5, 5.41) is 2.71. The Morgan fingerprint density at radius 2 is 2.00 bits per heavy atom. The number of carbonyl (C=O) groups excluding carboxylic acids is 2. The Morgan fingerprint density at radius 3 is 2.50 bits per heavy atom. The van der Waals surface area contributed by atoms with Crippen LogP contribution in [0.15, 0.2) is 24.3 Å². The fraction of sp³-hybridized carbons (Fsp3) is 0.333. The van der Waals surface area contributed by atoms with E-state index in [9.17, 15) is 9.59 Å². The number of benzene rings is 1. The normalized spacial score (nSPS) is 11.1. The van der Waals surface area contributed by atoms with E-state index in [-0.39, 0.29) is 18.9 Å². The maximum absolute atomic E-state index is 11.6. The van der Waals surface area contributed by atoms with Gasteiger partial charge in [0, 0.05) is 6.92 Å². The predicted molar refractivity (Wildman–Crippen MR) is 74.0 cm³/mol. The van der Waals surface area contributed by atoms with Gasteiger partial charge < -0.3 is 14.8 Å². The molecule has 0 heterocycles. The molecule has 0 aromatic heterocycles. The van der Waals surface area contributed by atoms with E-state index in [1.807, 2.05) is 0 Å². The molecule has 0 radical (unpaired) electrons. The molecule has 5 nitrogen and oxygen atoms in total. The smallest absolute Gasteiger partial charge is 0.309 e. The number of hydrogen-bond donors (Lipinski definition) is 1. The second-order valence-electron chi connectivity index (χ2n) is 4.10. The molecule has 0 saturated carbocycles. The number of carbonyl (C=O) groups is 2. The molecule has 0 aliphatic heterocycles. The number of methoxy groups -OCH3 is 1. The molecule has 1 aromatic carbocycles. The van der Waals surface area contributed by atoms with E-state index in [1.165, 1.54) is 6.92 Å². The van der Waals surface area contributed by atoms with Gasteiger partial charge in [-0.2, -0.15) is 0 Å². The number of amides is 1. The van der Waals surface area contributed by atoms with E-state index in [2.05, 4.69) is 11.2 Å². The van der Waals surface area contributed by atoms with Crippen molar-refractivity contribution >= 4 is 11.9 Å². The first-order valence-electron chi connectivity index (χ1n) is 6.07. The number of ether oxygens (including phenoxy) is 2. The van der Waals surface area contributed by atoms with Crippen molar-refractivity contribution in [1.82, 2.24) is 5.32 Å². The summed E-state index contributed by atoms with van der Waals surface area (Å²) in [6.07, 6.45) is 5.04. The van der Waals surface area contributed by atoms with Crippen molar-refractivity contribution in [2.75, 3.05) is 13.7 Å². The Hall–Kier alpha value is -2.48. The average molecular weight is 275 g/mol. The van der Waals surface area contributed by atoms with Crippen LogP contribution in [0.1, 0.15) is 24.9 Å². The van der Waals surface area contributed by atoms with Gasteiger partial charge in [0.05, 0.1) is 19.6 Å². The van der Waals surface area contributed by atoms with Crippen LogP contribution in [-0.2, 0) is 14.3 Å². The maximum Gasteiger partial charge on any atom is 0.309 e. The largest absolute Gasteiger partial charge is 0.497 e. The Balaban J connectivity index is 2.79. The Kier molecular flexibility index (Phi) is 6.11. The molecule has 5 heteroatoms. The van der Waals surface area contributed by atoms with Crippen molar-refractivity contribution in [3.8, 4) is 18.1 Å². The van der Waals surface area contributed by atoms with Crippen molar-refractivity contribution in [3.05, 3.63) is 29.8 Å². The van der Waals surface area contributed by atoms with Crippen molar-refractivity contribution in [1.29, 1.82) is 0 Å². The van der Waals surface area contributed by atoms with Crippen LogP contribution in [0.4, 0.5) is 0 Å². The molecule has 1 atom stereocenters. The first-order valence-corrected chi connectivity index (χ1v) is 6.07. The summed E-state index contributed by atoms with van der Waals surface area (Å²) in [5.41, 5.74) is 0.790. The van der Waals surface area contributed by atoms with Crippen LogP contribution in [-0.4, -0.2) is 25.6 Å². The maximum atomic E-state index is 11.6. The third-order valence-electron chi connectivity index (χ3n) is 2.58. The van der Waals surface area contributed by atoms with Crippen molar-refractivity contribution in [2.24, 2.45) is 0 Å². The molecule has 0 saturated heterocycles. The topological polar surface area (TPSA) is 64.6 Å². The first kappa shape index (κ1) is 15.6. The molecule has 0 aliphatic carbocycles. The number of nitrogens with one attached hydrogen (secondary N) is 1. The molecule has 0 fully saturated rings. The summed E-state index contributed by atoms with van der Waals surface area (Å²) < 4.78 is 9.88. The zero-order valence-corrected chi connectivity index (χ0v) is 11.5. The van der Waals surface area contributed by atoms with Crippen LogP contribution >= 0.6 is 0 Å². The molecule has 20 heavy (non-hydrogen) atoms. The van der Waals surface area contributed by atoms with Crippen molar-refractivity contribution < 1.29 is 19.1 Å². The molecule has 106 valence electrons. The summed E-state index contributed by atoms with van der Waals surface area (Å²) in [7, 11) is 1.57. The molecule has 0 aliphatic rings. The highest BCUT2D eigenvalue weighted by atomic mass is 16.5. The van der Waals surface area contributed by atoms with Crippen molar-refractivity contribution in [3.63, 3.8) is 0 Å². The van der Waals surface area contributed by atoms with Gasteiger partial charge in [0.1, 0.15) is 5.75 Å². The van der Waals surface area contributed by atoms with Crippen LogP contribution in [0.25, 0.3) is 0 Å². The molecule has 1 N–H and O–H groups in total. The third-order valence-corrected chi connectivity index (χ3v) is 2.58. The fourth-order valence-electron chi connectivity index (χ4n) is 1.68. The highest BCUT2D eigenvalue weighted by molar-refractivity contribution is 5.76. The molecule has 1 aromatic rings. The van der Waals surface area contributed by atoms with Gasteiger partial charge in [-0.1, -0.05) is 18.1 Å². The van der Waals surface area contributed by atoms with E-state index in [4.69, 9.17) is 15.9 Å². The lowest BCUT2D eigenvalue weighted by Crippen LogP contribution is -2.28. The van der Waals surface area contributed by atoms with E-state index in [1.54, 1.807) is 31.4 Å². The van der Waals surface area contributed by atoms with E-state index < -0.39 is 12.0 Å².